The number of ketones is 1. The molecular formula is C21H27N3O5. The number of hydrogen-bond acceptors (Lipinski definition) is 7. The number of rotatable bonds is 6. The zero-order valence-corrected chi connectivity index (χ0v) is 17.3. The van der Waals surface area contributed by atoms with Gasteiger partial charge in [0.2, 0.25) is 0 Å². The Labute approximate surface area is 170 Å². The van der Waals surface area contributed by atoms with E-state index in [9.17, 15) is 9.59 Å². The van der Waals surface area contributed by atoms with Gasteiger partial charge in [0.25, 0.3) is 5.91 Å². The number of carbonyl (C=O) groups excluding carboxylic acids is 2. The molecule has 1 amide bonds. The number of carbonyl (C=O) groups is 2. The molecule has 1 aromatic rings. The van der Waals surface area contributed by atoms with Crippen molar-refractivity contribution in [2.45, 2.75) is 38.5 Å². The topological polar surface area (TPSA) is 98.6 Å². The Hall–Kier alpha value is -2.74. The summed E-state index contributed by atoms with van der Waals surface area (Å²) in [6.45, 7) is 4.98. The molecule has 0 radical (unpaired) electrons. The summed E-state index contributed by atoms with van der Waals surface area (Å²) in [5.41, 5.74) is 4.91. The van der Waals surface area contributed by atoms with Gasteiger partial charge < -0.3 is 14.2 Å². The predicted octanol–water partition coefficient (Wildman–Crippen LogP) is 2.03. The maximum atomic E-state index is 12.8. The van der Waals surface area contributed by atoms with E-state index in [1.54, 1.807) is 27.2 Å². The van der Waals surface area contributed by atoms with Crippen LogP contribution in [0.25, 0.3) is 0 Å². The maximum absolute atomic E-state index is 12.8. The normalized spacial score (nSPS) is 17.9. The number of fused-ring (bicyclic) bond motifs is 2. The van der Waals surface area contributed by atoms with E-state index in [1.165, 1.54) is 6.92 Å². The molecule has 2 heterocycles. The van der Waals surface area contributed by atoms with E-state index in [1.807, 2.05) is 6.07 Å². The van der Waals surface area contributed by atoms with E-state index in [0.717, 1.165) is 18.4 Å². The van der Waals surface area contributed by atoms with Crippen LogP contribution in [0.4, 0.5) is 0 Å². The largest absolute Gasteiger partial charge is 0.493 e. The Kier molecular flexibility index (Phi) is 6.32. The first-order valence-corrected chi connectivity index (χ1v) is 9.62. The van der Waals surface area contributed by atoms with Crippen molar-refractivity contribution in [1.29, 1.82) is 0 Å². The van der Waals surface area contributed by atoms with E-state index in [2.05, 4.69) is 15.5 Å². The molecule has 8 heteroatoms. The van der Waals surface area contributed by atoms with Gasteiger partial charge in [-0.25, -0.2) is 5.43 Å². The van der Waals surface area contributed by atoms with Crippen molar-refractivity contribution < 1.29 is 23.8 Å². The summed E-state index contributed by atoms with van der Waals surface area (Å²) in [6, 6.07) is 3.75. The first-order chi connectivity index (χ1) is 13.9. The molecule has 0 unspecified atom stereocenters. The highest BCUT2D eigenvalue weighted by molar-refractivity contribution is 6.46. The van der Waals surface area contributed by atoms with Crippen molar-refractivity contribution in [3.8, 4) is 11.5 Å². The smallest absolute Gasteiger partial charge is 0.290 e. The van der Waals surface area contributed by atoms with Crippen LogP contribution in [0.5, 0.6) is 11.5 Å². The molecule has 0 aromatic heterocycles. The Balaban J connectivity index is 1.99. The van der Waals surface area contributed by atoms with Gasteiger partial charge in [0.05, 0.1) is 14.2 Å². The Morgan fingerprint density at radius 1 is 1.17 bits per heavy atom. The number of hydrazone groups is 1. The molecule has 2 aliphatic heterocycles. The van der Waals surface area contributed by atoms with E-state index in [0.29, 0.717) is 48.2 Å². The highest BCUT2D eigenvalue weighted by atomic mass is 16.5. The quantitative estimate of drug-likeness (QED) is 0.581. The number of aliphatic imine (C=N–C) groups is 1. The molecular weight excluding hydrogens is 374 g/mol. The van der Waals surface area contributed by atoms with Crippen molar-refractivity contribution in [1.82, 2.24) is 5.43 Å². The average molecular weight is 401 g/mol. The van der Waals surface area contributed by atoms with Gasteiger partial charge in [-0.05, 0) is 44.4 Å². The average Bonchev–Trinajstić information content (AvgIpc) is 2.71. The first kappa shape index (κ1) is 21.0. The van der Waals surface area contributed by atoms with Gasteiger partial charge in [0.1, 0.15) is 11.5 Å². The van der Waals surface area contributed by atoms with Gasteiger partial charge in [0, 0.05) is 42.9 Å². The van der Waals surface area contributed by atoms with Crippen LogP contribution in [0.2, 0.25) is 0 Å². The fourth-order valence-corrected chi connectivity index (χ4v) is 3.90. The second kappa shape index (κ2) is 8.73. The maximum Gasteiger partial charge on any atom is 0.290 e. The second-order valence-electron chi connectivity index (χ2n) is 7.48. The molecule has 156 valence electrons. The van der Waals surface area contributed by atoms with Crippen LogP contribution in [0.15, 0.2) is 22.2 Å². The van der Waals surface area contributed by atoms with Gasteiger partial charge in [0.15, 0.2) is 11.5 Å². The second-order valence-corrected chi connectivity index (χ2v) is 7.48. The van der Waals surface area contributed by atoms with Crippen molar-refractivity contribution in [3.63, 3.8) is 0 Å². The standard InChI is InChI=1S/C21H27N3O5/c1-13(9-14(2)25)23-24-20(26)19-15-10-17(27-3)18(28-4)11-16(15)21(12-22-19)5-7-29-8-6-21/h10-11H,5-9,12H2,1-4H3,(H,24,26). The molecule has 0 bridgehead atoms. The number of nitrogens with zero attached hydrogens (tertiary/aromatic N) is 2. The SMILES string of the molecule is COc1cc2c(cc1OC)C1(CCOCC1)CN=C2C(=O)NN=C(C)CC(C)=O. The molecule has 1 saturated heterocycles. The lowest BCUT2D eigenvalue weighted by Gasteiger charge is -2.40. The van der Waals surface area contributed by atoms with Gasteiger partial charge in [-0.2, -0.15) is 5.10 Å². The number of methoxy groups -OCH3 is 2. The van der Waals surface area contributed by atoms with Crippen LogP contribution in [0.1, 0.15) is 44.2 Å². The van der Waals surface area contributed by atoms with Crippen LogP contribution >= 0.6 is 0 Å². The van der Waals surface area contributed by atoms with Crippen molar-refractivity contribution in [2.75, 3.05) is 34.0 Å². The van der Waals surface area contributed by atoms with Crippen LogP contribution in [0.3, 0.4) is 0 Å². The van der Waals surface area contributed by atoms with Crippen LogP contribution in [-0.2, 0) is 19.7 Å². The Morgan fingerprint density at radius 2 is 1.83 bits per heavy atom. The van der Waals surface area contributed by atoms with Gasteiger partial charge in [-0.3, -0.25) is 14.6 Å². The lowest BCUT2D eigenvalue weighted by atomic mass is 9.70. The fraction of sp³-hybridized carbons (Fsp3) is 0.524. The van der Waals surface area contributed by atoms with Crippen LogP contribution in [-0.4, -0.2) is 57.1 Å². The summed E-state index contributed by atoms with van der Waals surface area (Å²) >= 11 is 0. The zero-order valence-electron chi connectivity index (χ0n) is 17.3. The molecule has 1 N–H and O–H groups in total. The summed E-state index contributed by atoms with van der Waals surface area (Å²) in [4.78, 5) is 28.7. The van der Waals surface area contributed by atoms with E-state index < -0.39 is 5.91 Å². The number of hydrogen-bond donors (Lipinski definition) is 1. The first-order valence-electron chi connectivity index (χ1n) is 9.62. The molecule has 8 nitrogen and oxygen atoms in total. The van der Waals surface area contributed by atoms with Gasteiger partial charge >= 0.3 is 0 Å². The molecule has 0 atom stereocenters. The third kappa shape index (κ3) is 4.32. The molecule has 1 fully saturated rings. The molecule has 3 rings (SSSR count). The number of nitrogens with one attached hydrogen (secondary N) is 1. The monoisotopic (exact) mass is 401 g/mol. The van der Waals surface area contributed by atoms with Crippen molar-refractivity contribution in [3.05, 3.63) is 23.3 Å². The summed E-state index contributed by atoms with van der Waals surface area (Å²) in [6.07, 6.45) is 1.84. The Bertz CT molecular complexity index is 869. The third-order valence-electron chi connectivity index (χ3n) is 5.41. The summed E-state index contributed by atoms with van der Waals surface area (Å²) < 4.78 is 16.5. The van der Waals surface area contributed by atoms with E-state index in [-0.39, 0.29) is 17.6 Å². The van der Waals surface area contributed by atoms with Crippen molar-refractivity contribution in [2.24, 2.45) is 10.1 Å². The summed E-state index contributed by atoms with van der Waals surface area (Å²) in [7, 11) is 3.15. The minimum absolute atomic E-state index is 0.0147. The lowest BCUT2D eigenvalue weighted by Crippen LogP contribution is -2.43. The third-order valence-corrected chi connectivity index (χ3v) is 5.41. The fourth-order valence-electron chi connectivity index (χ4n) is 3.90. The highest BCUT2D eigenvalue weighted by Gasteiger charge is 2.41. The van der Waals surface area contributed by atoms with E-state index >= 15 is 0 Å². The van der Waals surface area contributed by atoms with Gasteiger partial charge in [-0.15, -0.1) is 0 Å². The number of ether oxygens (including phenoxy) is 3. The predicted molar refractivity (Wildman–Crippen MR) is 109 cm³/mol. The minimum atomic E-state index is -0.414. The minimum Gasteiger partial charge on any atom is -0.493 e. The summed E-state index contributed by atoms with van der Waals surface area (Å²) in [5.74, 6) is 0.726. The van der Waals surface area contributed by atoms with Crippen molar-refractivity contribution >= 4 is 23.1 Å². The molecule has 2 aliphatic rings. The Morgan fingerprint density at radius 3 is 2.45 bits per heavy atom. The number of benzene rings is 1. The number of amides is 1. The molecule has 1 aromatic carbocycles. The lowest BCUT2D eigenvalue weighted by molar-refractivity contribution is -0.116. The summed E-state index contributed by atoms with van der Waals surface area (Å²) in [5, 5.41) is 4.03. The van der Waals surface area contributed by atoms with E-state index in [4.69, 9.17) is 14.2 Å². The highest BCUT2D eigenvalue weighted by Crippen LogP contribution is 2.44. The molecule has 1 spiro atoms. The number of Topliss-reactive ketones (excluding diaryl/α,β-unsaturated/α-hetero) is 1. The molecule has 29 heavy (non-hydrogen) atoms. The zero-order chi connectivity index (χ0) is 21.0. The van der Waals surface area contributed by atoms with Crippen LogP contribution in [0, 0.1) is 0 Å². The van der Waals surface area contributed by atoms with Crippen LogP contribution < -0.4 is 14.9 Å². The molecule has 0 aliphatic carbocycles. The molecule has 0 saturated carbocycles. The van der Waals surface area contributed by atoms with Gasteiger partial charge in [-0.1, -0.05) is 0 Å².